The molecule has 0 aliphatic carbocycles. The van der Waals surface area contributed by atoms with Crippen LogP contribution in [0.15, 0.2) is 47.4 Å². The fourth-order valence-corrected chi connectivity index (χ4v) is 3.97. The number of benzene rings is 2. The van der Waals surface area contributed by atoms with Gasteiger partial charge in [-0.25, -0.2) is 8.42 Å². The van der Waals surface area contributed by atoms with Gasteiger partial charge in [-0.3, -0.25) is 10.1 Å². The maximum atomic E-state index is 11.9. The van der Waals surface area contributed by atoms with Crippen LogP contribution in [0.1, 0.15) is 0 Å². The van der Waals surface area contributed by atoms with Gasteiger partial charge in [-0.05, 0) is 36.4 Å². The molecule has 1 saturated heterocycles. The lowest BCUT2D eigenvalue weighted by atomic mass is 10.2. The summed E-state index contributed by atoms with van der Waals surface area (Å²) in [5, 5.41) is 20.9. The fraction of sp³-hybridized carbons (Fsp3) is 0.294. The Balaban J connectivity index is 1.85. The van der Waals surface area contributed by atoms with E-state index in [0.717, 1.165) is 11.9 Å². The number of hydrogen-bond acceptors (Lipinski definition) is 7. The maximum absolute atomic E-state index is 11.9. The summed E-state index contributed by atoms with van der Waals surface area (Å²) in [5.74, 6) is 0.195. The molecule has 1 aliphatic rings. The first-order valence-corrected chi connectivity index (χ1v) is 9.93. The topological polar surface area (TPSA) is 104 Å². The zero-order chi connectivity index (χ0) is 18.9. The number of piperazine rings is 1. The lowest BCUT2D eigenvalue weighted by molar-refractivity contribution is -0.387. The number of rotatable bonds is 4. The van der Waals surface area contributed by atoms with E-state index >= 15 is 0 Å². The zero-order valence-corrected chi connectivity index (χ0v) is 15.0. The average Bonchev–Trinajstić information content (AvgIpc) is 2.61. The van der Waals surface area contributed by atoms with E-state index in [1.807, 2.05) is 17.0 Å². The molecule has 2 aromatic rings. The van der Waals surface area contributed by atoms with Crippen molar-refractivity contribution in [1.82, 2.24) is 0 Å². The molecule has 26 heavy (non-hydrogen) atoms. The van der Waals surface area contributed by atoms with Crippen molar-refractivity contribution in [3.05, 3.63) is 52.6 Å². The number of hydrogen-bond donors (Lipinski definition) is 1. The zero-order valence-electron chi connectivity index (χ0n) is 14.2. The molecule has 8 nitrogen and oxygen atoms in total. The number of para-hydroxylation sites is 1. The molecular formula is C17H19N3O5S. The Bertz CT molecular complexity index is 920. The minimum Gasteiger partial charge on any atom is -0.508 e. The summed E-state index contributed by atoms with van der Waals surface area (Å²) in [6.07, 6.45) is 0.974. The number of phenolic OH excluding ortho intramolecular Hbond substituents is 1. The fourth-order valence-electron chi connectivity index (χ4n) is 3.12. The molecule has 0 aromatic heterocycles. The third kappa shape index (κ3) is 3.57. The van der Waals surface area contributed by atoms with Gasteiger partial charge in [0.05, 0.1) is 4.92 Å². The number of sulfone groups is 1. The number of aromatic hydroxyl groups is 1. The van der Waals surface area contributed by atoms with Crippen molar-refractivity contribution in [2.24, 2.45) is 0 Å². The van der Waals surface area contributed by atoms with Crippen LogP contribution < -0.4 is 9.80 Å². The maximum Gasteiger partial charge on any atom is 0.311 e. The van der Waals surface area contributed by atoms with E-state index in [0.29, 0.717) is 31.9 Å². The summed E-state index contributed by atoms with van der Waals surface area (Å²) in [7, 11) is -3.70. The molecule has 138 valence electrons. The summed E-state index contributed by atoms with van der Waals surface area (Å²) >= 11 is 0. The molecule has 0 spiro atoms. The van der Waals surface area contributed by atoms with Crippen molar-refractivity contribution >= 4 is 26.9 Å². The van der Waals surface area contributed by atoms with Crippen LogP contribution in [0.3, 0.4) is 0 Å². The van der Waals surface area contributed by atoms with Gasteiger partial charge in [0.15, 0.2) is 9.84 Å². The lowest BCUT2D eigenvalue weighted by Gasteiger charge is -2.37. The van der Waals surface area contributed by atoms with Crippen LogP contribution in [0.5, 0.6) is 5.75 Å². The molecule has 9 heteroatoms. The van der Waals surface area contributed by atoms with E-state index in [4.69, 9.17) is 0 Å². The van der Waals surface area contributed by atoms with Crippen LogP contribution >= 0.6 is 0 Å². The first-order chi connectivity index (χ1) is 12.3. The average molecular weight is 377 g/mol. The van der Waals surface area contributed by atoms with Gasteiger partial charge in [0.25, 0.3) is 0 Å². The summed E-state index contributed by atoms with van der Waals surface area (Å²) in [4.78, 5) is 14.6. The second-order valence-corrected chi connectivity index (χ2v) is 8.13. The van der Waals surface area contributed by atoms with Gasteiger partial charge in [-0.2, -0.15) is 0 Å². The van der Waals surface area contributed by atoms with Crippen molar-refractivity contribution in [1.29, 1.82) is 0 Å². The molecule has 0 unspecified atom stereocenters. The van der Waals surface area contributed by atoms with Crippen LogP contribution in [-0.4, -0.2) is 50.9 Å². The van der Waals surface area contributed by atoms with E-state index in [2.05, 4.69) is 4.90 Å². The Morgan fingerprint density at radius 2 is 1.58 bits per heavy atom. The first-order valence-electron chi connectivity index (χ1n) is 8.04. The second kappa shape index (κ2) is 6.83. The molecule has 1 fully saturated rings. The highest BCUT2D eigenvalue weighted by atomic mass is 32.2. The molecular weight excluding hydrogens is 358 g/mol. The van der Waals surface area contributed by atoms with Gasteiger partial charge in [0, 0.05) is 38.1 Å². The van der Waals surface area contributed by atoms with Gasteiger partial charge in [0.1, 0.15) is 16.3 Å². The van der Waals surface area contributed by atoms with E-state index < -0.39 is 14.8 Å². The Morgan fingerprint density at radius 3 is 2.12 bits per heavy atom. The molecule has 2 aromatic carbocycles. The highest BCUT2D eigenvalue weighted by molar-refractivity contribution is 7.90. The van der Waals surface area contributed by atoms with Gasteiger partial charge in [-0.1, -0.05) is 6.07 Å². The molecule has 1 aliphatic heterocycles. The second-order valence-electron chi connectivity index (χ2n) is 6.14. The van der Waals surface area contributed by atoms with E-state index in [9.17, 15) is 23.6 Å². The number of nitro groups is 1. The standard InChI is InChI=1S/C17H19N3O5S/c1-26(24,25)16-4-2-3-15(17(16)20(22)23)19-11-9-18(10-12-19)13-5-7-14(21)8-6-13/h2-8,21H,9-12H2,1H3. The highest BCUT2D eigenvalue weighted by Gasteiger charge is 2.30. The molecule has 0 bridgehead atoms. The van der Waals surface area contributed by atoms with Crippen molar-refractivity contribution < 1.29 is 18.4 Å². The molecule has 1 heterocycles. The van der Waals surface area contributed by atoms with Gasteiger partial charge < -0.3 is 14.9 Å². The Kier molecular flexibility index (Phi) is 4.73. The summed E-state index contributed by atoms with van der Waals surface area (Å²) in [6, 6.07) is 11.2. The van der Waals surface area contributed by atoms with E-state index in [1.165, 1.54) is 12.1 Å². The van der Waals surface area contributed by atoms with Crippen molar-refractivity contribution in [3.8, 4) is 5.75 Å². The summed E-state index contributed by atoms with van der Waals surface area (Å²) in [5.41, 5.74) is 0.915. The van der Waals surface area contributed by atoms with E-state index in [1.54, 1.807) is 18.2 Å². The van der Waals surface area contributed by atoms with Gasteiger partial charge >= 0.3 is 5.69 Å². The number of nitrogens with zero attached hydrogens (tertiary/aromatic N) is 3. The predicted molar refractivity (Wildman–Crippen MR) is 98.7 cm³/mol. The third-order valence-electron chi connectivity index (χ3n) is 4.39. The van der Waals surface area contributed by atoms with Crippen LogP contribution in [0.25, 0.3) is 0 Å². The van der Waals surface area contributed by atoms with Gasteiger partial charge in [-0.15, -0.1) is 0 Å². The lowest BCUT2D eigenvalue weighted by Crippen LogP contribution is -2.46. The molecule has 0 amide bonds. The minimum atomic E-state index is -3.70. The molecule has 1 N–H and O–H groups in total. The Morgan fingerprint density at radius 1 is 1.00 bits per heavy atom. The largest absolute Gasteiger partial charge is 0.508 e. The van der Waals surface area contributed by atoms with Crippen molar-refractivity contribution in [2.75, 3.05) is 42.2 Å². The third-order valence-corrected chi connectivity index (χ3v) is 5.52. The summed E-state index contributed by atoms with van der Waals surface area (Å²) < 4.78 is 23.8. The van der Waals surface area contributed by atoms with Crippen molar-refractivity contribution in [3.63, 3.8) is 0 Å². The van der Waals surface area contributed by atoms with Gasteiger partial charge in [0.2, 0.25) is 0 Å². The minimum absolute atomic E-state index is 0.195. The molecule has 0 radical (unpaired) electrons. The number of phenols is 1. The quantitative estimate of drug-likeness (QED) is 0.642. The SMILES string of the molecule is CS(=O)(=O)c1cccc(N2CCN(c3ccc(O)cc3)CC2)c1[N+](=O)[O-]. The highest BCUT2D eigenvalue weighted by Crippen LogP contribution is 2.35. The molecule has 3 rings (SSSR count). The van der Waals surface area contributed by atoms with Crippen LogP contribution in [0, 0.1) is 10.1 Å². The molecule has 0 saturated carbocycles. The first kappa shape index (κ1) is 18.0. The number of nitro benzene ring substituents is 1. The Labute approximate surface area is 151 Å². The normalized spacial score (nSPS) is 15.1. The summed E-state index contributed by atoms with van der Waals surface area (Å²) in [6.45, 7) is 2.31. The Hall–Kier alpha value is -2.81. The van der Waals surface area contributed by atoms with Crippen molar-refractivity contribution in [2.45, 2.75) is 4.90 Å². The molecule has 0 atom stereocenters. The smallest absolute Gasteiger partial charge is 0.311 e. The predicted octanol–water partition coefficient (Wildman–Crippen LogP) is 2.03. The van der Waals surface area contributed by atoms with Crippen LogP contribution in [0.2, 0.25) is 0 Å². The van der Waals surface area contributed by atoms with Crippen LogP contribution in [0.4, 0.5) is 17.1 Å². The number of anilines is 2. The monoisotopic (exact) mass is 377 g/mol. The van der Waals surface area contributed by atoms with Crippen LogP contribution in [-0.2, 0) is 9.84 Å². The van der Waals surface area contributed by atoms with E-state index in [-0.39, 0.29) is 16.3 Å².